The monoisotopic (exact) mass is 317 g/mol. The maximum atomic E-state index is 12.3. The number of ether oxygens (including phenoxy) is 1. The fourth-order valence-corrected chi connectivity index (χ4v) is 3.30. The molecule has 0 atom stereocenters. The number of amides is 2. The van der Waals surface area contributed by atoms with Gasteiger partial charge in [-0.05, 0) is 18.1 Å². The maximum absolute atomic E-state index is 12.3. The minimum absolute atomic E-state index is 0.0105. The number of urea groups is 1. The van der Waals surface area contributed by atoms with Crippen LogP contribution in [-0.4, -0.2) is 36.1 Å². The summed E-state index contributed by atoms with van der Waals surface area (Å²) in [4.78, 5) is 18.3. The Morgan fingerprint density at radius 3 is 3.18 bits per heavy atom. The van der Waals surface area contributed by atoms with E-state index >= 15 is 0 Å². The van der Waals surface area contributed by atoms with Gasteiger partial charge in [0.1, 0.15) is 5.75 Å². The molecular weight excluding hydrogens is 298 g/mol. The van der Waals surface area contributed by atoms with Crippen molar-refractivity contribution in [3.05, 3.63) is 45.9 Å². The lowest BCUT2D eigenvalue weighted by atomic mass is 9.99. The molecule has 0 saturated heterocycles. The highest BCUT2D eigenvalue weighted by Gasteiger charge is 2.22. The lowest BCUT2D eigenvalue weighted by Crippen LogP contribution is -2.43. The van der Waals surface area contributed by atoms with Crippen LogP contribution < -0.4 is 10.1 Å². The van der Waals surface area contributed by atoms with E-state index in [1.54, 1.807) is 18.4 Å². The van der Waals surface area contributed by atoms with Crippen LogP contribution in [-0.2, 0) is 19.4 Å². The topological polar surface area (TPSA) is 54.5 Å². The second-order valence-corrected chi connectivity index (χ2v) is 5.95. The molecule has 3 rings (SSSR count). The molecule has 1 aromatic carbocycles. The largest absolute Gasteiger partial charge is 0.496 e. The molecule has 116 valence electrons. The van der Waals surface area contributed by atoms with Gasteiger partial charge in [0.25, 0.3) is 0 Å². The number of carbonyl (C=O) groups excluding carboxylic acids is 1. The van der Waals surface area contributed by atoms with Crippen molar-refractivity contribution in [3.63, 3.8) is 0 Å². The van der Waals surface area contributed by atoms with E-state index in [1.165, 1.54) is 11.1 Å². The van der Waals surface area contributed by atoms with Gasteiger partial charge in [-0.15, -0.1) is 11.3 Å². The van der Waals surface area contributed by atoms with Crippen LogP contribution in [0.2, 0.25) is 0 Å². The maximum Gasteiger partial charge on any atom is 0.317 e. The summed E-state index contributed by atoms with van der Waals surface area (Å²) in [5.74, 6) is 0.918. The van der Waals surface area contributed by atoms with Gasteiger partial charge in [-0.1, -0.05) is 12.1 Å². The van der Waals surface area contributed by atoms with Crippen LogP contribution in [0.3, 0.4) is 0 Å². The first-order chi connectivity index (χ1) is 10.8. The SMILES string of the molecule is COc1cccc2c1CCN(C(=O)NCCc1cscn1)C2. The smallest absolute Gasteiger partial charge is 0.317 e. The third-order valence-electron chi connectivity index (χ3n) is 3.87. The lowest BCUT2D eigenvalue weighted by Gasteiger charge is -2.29. The molecule has 0 aliphatic carbocycles. The Hall–Kier alpha value is -2.08. The van der Waals surface area contributed by atoms with Crippen LogP contribution in [0.4, 0.5) is 4.79 Å². The predicted octanol–water partition coefficient (Wildman–Crippen LogP) is 2.46. The van der Waals surface area contributed by atoms with Gasteiger partial charge >= 0.3 is 6.03 Å². The van der Waals surface area contributed by atoms with Gasteiger partial charge in [-0.2, -0.15) is 0 Å². The van der Waals surface area contributed by atoms with Crippen molar-refractivity contribution in [1.29, 1.82) is 0 Å². The van der Waals surface area contributed by atoms with E-state index in [-0.39, 0.29) is 6.03 Å². The fraction of sp³-hybridized carbons (Fsp3) is 0.375. The van der Waals surface area contributed by atoms with Gasteiger partial charge in [0, 0.05) is 37.0 Å². The molecule has 2 amide bonds. The summed E-state index contributed by atoms with van der Waals surface area (Å²) in [5, 5.41) is 4.98. The van der Waals surface area contributed by atoms with Crippen LogP contribution >= 0.6 is 11.3 Å². The van der Waals surface area contributed by atoms with Crippen LogP contribution in [0, 0.1) is 0 Å². The summed E-state index contributed by atoms with van der Waals surface area (Å²) >= 11 is 1.58. The van der Waals surface area contributed by atoms with E-state index in [0.29, 0.717) is 13.1 Å². The molecule has 0 spiro atoms. The van der Waals surface area contributed by atoms with Crippen molar-refractivity contribution in [2.75, 3.05) is 20.2 Å². The van der Waals surface area contributed by atoms with Crippen molar-refractivity contribution in [3.8, 4) is 5.75 Å². The van der Waals surface area contributed by atoms with E-state index in [1.807, 2.05) is 27.9 Å². The number of thiazole rings is 1. The summed E-state index contributed by atoms with van der Waals surface area (Å²) in [7, 11) is 1.69. The Bertz CT molecular complexity index is 643. The second-order valence-electron chi connectivity index (χ2n) is 5.23. The van der Waals surface area contributed by atoms with Gasteiger partial charge < -0.3 is 15.0 Å². The van der Waals surface area contributed by atoms with Crippen molar-refractivity contribution < 1.29 is 9.53 Å². The number of fused-ring (bicyclic) bond motifs is 1. The second kappa shape index (κ2) is 6.79. The molecule has 0 unspecified atom stereocenters. The van der Waals surface area contributed by atoms with Crippen LogP contribution in [0.15, 0.2) is 29.1 Å². The van der Waals surface area contributed by atoms with Gasteiger partial charge in [-0.25, -0.2) is 9.78 Å². The van der Waals surface area contributed by atoms with E-state index in [9.17, 15) is 4.79 Å². The standard InChI is InChI=1S/C16H19N3O2S/c1-21-15-4-2-3-12-9-19(8-6-14(12)15)16(20)17-7-5-13-10-22-11-18-13/h2-4,10-11H,5-9H2,1H3,(H,17,20). The predicted molar refractivity (Wildman–Crippen MR) is 86.3 cm³/mol. The van der Waals surface area contributed by atoms with Crippen LogP contribution in [0.25, 0.3) is 0 Å². The van der Waals surface area contributed by atoms with Gasteiger partial charge in [0.2, 0.25) is 0 Å². The quantitative estimate of drug-likeness (QED) is 0.942. The average molecular weight is 317 g/mol. The van der Waals surface area contributed by atoms with E-state index in [4.69, 9.17) is 4.74 Å². The number of hydrogen-bond donors (Lipinski definition) is 1. The summed E-state index contributed by atoms with van der Waals surface area (Å²) in [6.45, 7) is 1.97. The van der Waals surface area contributed by atoms with Crippen molar-refractivity contribution >= 4 is 17.4 Å². The third kappa shape index (κ3) is 3.22. The average Bonchev–Trinajstić information content (AvgIpc) is 3.07. The number of benzene rings is 1. The highest BCUT2D eigenvalue weighted by atomic mass is 32.1. The first-order valence-corrected chi connectivity index (χ1v) is 8.27. The van der Waals surface area contributed by atoms with E-state index < -0.39 is 0 Å². The zero-order valence-electron chi connectivity index (χ0n) is 12.5. The fourth-order valence-electron chi connectivity index (χ4n) is 2.71. The number of rotatable bonds is 4. The number of aromatic nitrogens is 1. The Kier molecular flexibility index (Phi) is 4.58. The van der Waals surface area contributed by atoms with Crippen molar-refractivity contribution in [2.45, 2.75) is 19.4 Å². The number of hydrogen-bond acceptors (Lipinski definition) is 4. The molecule has 5 nitrogen and oxygen atoms in total. The lowest BCUT2D eigenvalue weighted by molar-refractivity contribution is 0.192. The Labute approximate surface area is 133 Å². The summed E-state index contributed by atoms with van der Waals surface area (Å²) in [5.41, 5.74) is 5.22. The molecule has 0 radical (unpaired) electrons. The van der Waals surface area contributed by atoms with E-state index in [0.717, 1.165) is 30.8 Å². The summed E-state index contributed by atoms with van der Waals surface area (Å²) in [6, 6.07) is 6.00. The van der Waals surface area contributed by atoms with Gasteiger partial charge in [-0.3, -0.25) is 0 Å². The van der Waals surface area contributed by atoms with Gasteiger partial charge in [0.15, 0.2) is 0 Å². The first kappa shape index (κ1) is 14.8. The molecule has 6 heteroatoms. The van der Waals surface area contributed by atoms with Crippen molar-refractivity contribution in [1.82, 2.24) is 15.2 Å². The Morgan fingerprint density at radius 2 is 2.41 bits per heavy atom. The Morgan fingerprint density at radius 1 is 1.50 bits per heavy atom. The molecule has 1 aromatic heterocycles. The summed E-state index contributed by atoms with van der Waals surface area (Å²) in [6.07, 6.45) is 1.60. The molecule has 2 heterocycles. The molecule has 2 aromatic rings. The summed E-state index contributed by atoms with van der Waals surface area (Å²) < 4.78 is 5.39. The molecule has 1 aliphatic heterocycles. The molecule has 1 aliphatic rings. The molecule has 1 N–H and O–H groups in total. The number of carbonyl (C=O) groups is 1. The zero-order chi connectivity index (χ0) is 15.4. The molecular formula is C16H19N3O2S. The minimum Gasteiger partial charge on any atom is -0.496 e. The molecule has 0 saturated carbocycles. The minimum atomic E-state index is -0.0105. The third-order valence-corrected chi connectivity index (χ3v) is 4.51. The van der Waals surface area contributed by atoms with Crippen LogP contribution in [0.5, 0.6) is 5.75 Å². The first-order valence-electron chi connectivity index (χ1n) is 7.32. The number of methoxy groups -OCH3 is 1. The highest BCUT2D eigenvalue weighted by Crippen LogP contribution is 2.27. The number of nitrogens with zero attached hydrogens (tertiary/aromatic N) is 2. The van der Waals surface area contributed by atoms with Gasteiger partial charge in [0.05, 0.1) is 18.3 Å². The number of nitrogens with one attached hydrogen (secondary N) is 1. The van der Waals surface area contributed by atoms with E-state index in [2.05, 4.69) is 16.4 Å². The Balaban J connectivity index is 1.56. The molecule has 22 heavy (non-hydrogen) atoms. The molecule has 0 fully saturated rings. The highest BCUT2D eigenvalue weighted by molar-refractivity contribution is 7.07. The molecule has 0 bridgehead atoms. The van der Waals surface area contributed by atoms with Crippen LogP contribution in [0.1, 0.15) is 16.8 Å². The zero-order valence-corrected chi connectivity index (χ0v) is 13.4. The van der Waals surface area contributed by atoms with Crippen molar-refractivity contribution in [2.24, 2.45) is 0 Å². The normalized spacial score (nSPS) is 13.6.